The number of aliphatic hydroxyl groups excluding tert-OH is 1. The second-order valence-corrected chi connectivity index (χ2v) is 5.31. The van der Waals surface area contributed by atoms with E-state index in [1.807, 2.05) is 11.4 Å². The van der Waals surface area contributed by atoms with Crippen LogP contribution in [0.3, 0.4) is 0 Å². The largest absolute Gasteiger partial charge is 0.393 e. The summed E-state index contributed by atoms with van der Waals surface area (Å²) in [5.74, 6) is 0. The molecule has 1 unspecified atom stereocenters. The maximum absolute atomic E-state index is 9.50. The van der Waals surface area contributed by atoms with Crippen LogP contribution in [0.15, 0.2) is 15.9 Å². The highest BCUT2D eigenvalue weighted by molar-refractivity contribution is 9.10. The van der Waals surface area contributed by atoms with Crippen molar-refractivity contribution in [2.75, 3.05) is 13.2 Å². The molecule has 0 saturated heterocycles. The summed E-state index contributed by atoms with van der Waals surface area (Å²) in [7, 11) is 0. The smallest absolute Gasteiger partial charge is 0.0972 e. The summed E-state index contributed by atoms with van der Waals surface area (Å²) in [4.78, 5) is 1.19. The molecule has 0 spiro atoms. The molecular weight excluding hydrogens is 266 g/mol. The highest BCUT2D eigenvalue weighted by Crippen LogP contribution is 2.22. The molecule has 3 N–H and O–H groups in total. The van der Waals surface area contributed by atoms with Crippen LogP contribution in [0.2, 0.25) is 0 Å². The van der Waals surface area contributed by atoms with Crippen molar-refractivity contribution in [3.8, 4) is 0 Å². The van der Waals surface area contributed by atoms with Gasteiger partial charge in [0.2, 0.25) is 0 Å². The molecule has 3 nitrogen and oxygen atoms in total. The van der Waals surface area contributed by atoms with E-state index < -0.39 is 5.60 Å². The van der Waals surface area contributed by atoms with Crippen molar-refractivity contribution in [3.05, 3.63) is 20.8 Å². The summed E-state index contributed by atoms with van der Waals surface area (Å²) in [6.07, 6.45) is 0. The maximum atomic E-state index is 9.50. The second kappa shape index (κ2) is 5.23. The molecular formula is C9H14BrNO2S. The van der Waals surface area contributed by atoms with E-state index in [1.54, 1.807) is 18.3 Å². The van der Waals surface area contributed by atoms with E-state index in [4.69, 9.17) is 5.11 Å². The van der Waals surface area contributed by atoms with E-state index >= 15 is 0 Å². The van der Waals surface area contributed by atoms with Crippen LogP contribution in [-0.2, 0) is 6.54 Å². The molecule has 5 heteroatoms. The van der Waals surface area contributed by atoms with Crippen LogP contribution < -0.4 is 5.32 Å². The van der Waals surface area contributed by atoms with Crippen molar-refractivity contribution in [3.63, 3.8) is 0 Å². The van der Waals surface area contributed by atoms with Gasteiger partial charge in [-0.2, -0.15) is 0 Å². The Labute approximate surface area is 95.9 Å². The molecule has 0 fully saturated rings. The molecule has 0 bridgehead atoms. The molecule has 0 aliphatic carbocycles. The van der Waals surface area contributed by atoms with E-state index in [-0.39, 0.29) is 6.61 Å². The third kappa shape index (κ3) is 3.67. The molecule has 1 aromatic heterocycles. The van der Waals surface area contributed by atoms with E-state index in [9.17, 15) is 5.11 Å². The number of nitrogens with one attached hydrogen (secondary N) is 1. The van der Waals surface area contributed by atoms with Gasteiger partial charge in [0, 0.05) is 22.4 Å². The lowest BCUT2D eigenvalue weighted by molar-refractivity contribution is 0.00257. The van der Waals surface area contributed by atoms with Gasteiger partial charge in [0.15, 0.2) is 0 Å². The first-order chi connectivity index (χ1) is 6.55. The lowest BCUT2D eigenvalue weighted by atomic mass is 10.1. The van der Waals surface area contributed by atoms with Crippen molar-refractivity contribution >= 4 is 27.3 Å². The van der Waals surface area contributed by atoms with Crippen molar-refractivity contribution in [2.24, 2.45) is 0 Å². The van der Waals surface area contributed by atoms with E-state index in [0.717, 1.165) is 4.47 Å². The number of aliphatic hydroxyl groups is 2. The van der Waals surface area contributed by atoms with Crippen LogP contribution in [-0.4, -0.2) is 29.0 Å². The first-order valence-electron chi connectivity index (χ1n) is 4.31. The molecule has 1 aromatic rings. The van der Waals surface area contributed by atoms with Gasteiger partial charge in [-0.1, -0.05) is 0 Å². The average Bonchev–Trinajstić information content (AvgIpc) is 2.52. The van der Waals surface area contributed by atoms with Crippen LogP contribution in [0.5, 0.6) is 0 Å². The third-order valence-electron chi connectivity index (χ3n) is 1.82. The van der Waals surface area contributed by atoms with Gasteiger partial charge in [0.1, 0.15) is 0 Å². The van der Waals surface area contributed by atoms with Gasteiger partial charge in [-0.05, 0) is 34.3 Å². The number of halogens is 1. The Balaban J connectivity index is 2.32. The zero-order valence-corrected chi connectivity index (χ0v) is 10.4. The van der Waals surface area contributed by atoms with Crippen LogP contribution >= 0.6 is 27.3 Å². The summed E-state index contributed by atoms with van der Waals surface area (Å²) in [5, 5.41) is 23.4. The first-order valence-corrected chi connectivity index (χ1v) is 5.98. The molecule has 0 aliphatic rings. The molecule has 0 aliphatic heterocycles. The minimum Gasteiger partial charge on any atom is -0.393 e. The quantitative estimate of drug-likeness (QED) is 0.763. The number of rotatable bonds is 5. The van der Waals surface area contributed by atoms with Gasteiger partial charge in [0.05, 0.1) is 12.2 Å². The highest BCUT2D eigenvalue weighted by atomic mass is 79.9. The summed E-state index contributed by atoms with van der Waals surface area (Å²) in [6.45, 7) is 2.46. The van der Waals surface area contributed by atoms with Gasteiger partial charge in [-0.15, -0.1) is 11.3 Å². The van der Waals surface area contributed by atoms with E-state index in [1.165, 1.54) is 4.88 Å². The van der Waals surface area contributed by atoms with Crippen molar-refractivity contribution in [1.82, 2.24) is 5.32 Å². The third-order valence-corrected chi connectivity index (χ3v) is 3.75. The lowest BCUT2D eigenvalue weighted by Gasteiger charge is -2.20. The Morgan fingerprint density at radius 3 is 2.86 bits per heavy atom. The van der Waals surface area contributed by atoms with E-state index in [0.29, 0.717) is 13.1 Å². The molecule has 1 atom stereocenters. The van der Waals surface area contributed by atoms with Gasteiger partial charge in [-0.25, -0.2) is 0 Å². The Morgan fingerprint density at radius 2 is 2.36 bits per heavy atom. The minimum atomic E-state index is -1.04. The van der Waals surface area contributed by atoms with Crippen LogP contribution in [0.25, 0.3) is 0 Å². The van der Waals surface area contributed by atoms with Gasteiger partial charge >= 0.3 is 0 Å². The molecule has 0 saturated carbocycles. The predicted octanol–water partition coefficient (Wildman–Crippen LogP) is 1.34. The predicted molar refractivity (Wildman–Crippen MR) is 61.4 cm³/mol. The minimum absolute atomic E-state index is 0.231. The van der Waals surface area contributed by atoms with Crippen LogP contribution in [0.4, 0.5) is 0 Å². The highest BCUT2D eigenvalue weighted by Gasteiger charge is 2.17. The summed E-state index contributed by atoms with van der Waals surface area (Å²) >= 11 is 5.08. The van der Waals surface area contributed by atoms with Gasteiger partial charge in [-0.3, -0.25) is 0 Å². The first kappa shape index (κ1) is 12.1. The Kier molecular flexibility index (Phi) is 4.53. The molecule has 1 heterocycles. The Morgan fingerprint density at radius 1 is 1.64 bits per heavy atom. The fourth-order valence-corrected chi connectivity index (χ4v) is 2.41. The number of hydrogen-bond donors (Lipinski definition) is 3. The zero-order valence-electron chi connectivity index (χ0n) is 7.96. The van der Waals surface area contributed by atoms with Crippen molar-refractivity contribution in [1.29, 1.82) is 0 Å². The topological polar surface area (TPSA) is 52.5 Å². The fraction of sp³-hybridized carbons (Fsp3) is 0.556. The maximum Gasteiger partial charge on any atom is 0.0972 e. The zero-order chi connectivity index (χ0) is 10.6. The number of thiophene rings is 1. The Hall–Kier alpha value is 0.0600. The standard InChI is InChI=1S/C9H14BrNO2S/c1-9(13,6-12)5-11-4-8-7(10)2-3-14-8/h2-3,11-13H,4-6H2,1H3. The number of hydrogen-bond acceptors (Lipinski definition) is 4. The SMILES string of the molecule is CC(O)(CO)CNCc1sccc1Br. The second-order valence-electron chi connectivity index (χ2n) is 3.45. The molecule has 0 radical (unpaired) electrons. The van der Waals surface area contributed by atoms with Crippen LogP contribution in [0, 0.1) is 0 Å². The summed E-state index contributed by atoms with van der Waals surface area (Å²) in [6, 6.07) is 1.99. The average molecular weight is 280 g/mol. The van der Waals surface area contributed by atoms with Gasteiger partial charge < -0.3 is 15.5 Å². The van der Waals surface area contributed by atoms with Gasteiger partial charge in [0.25, 0.3) is 0 Å². The Bertz CT molecular complexity index is 288. The van der Waals surface area contributed by atoms with Crippen molar-refractivity contribution in [2.45, 2.75) is 19.1 Å². The molecule has 14 heavy (non-hydrogen) atoms. The van der Waals surface area contributed by atoms with E-state index in [2.05, 4.69) is 21.2 Å². The normalized spacial score (nSPS) is 15.4. The fourth-order valence-electron chi connectivity index (χ4n) is 0.952. The molecule has 0 amide bonds. The van der Waals surface area contributed by atoms with Crippen LogP contribution in [0.1, 0.15) is 11.8 Å². The summed E-state index contributed by atoms with van der Waals surface area (Å²) < 4.78 is 1.08. The summed E-state index contributed by atoms with van der Waals surface area (Å²) in [5.41, 5.74) is -1.04. The molecule has 80 valence electrons. The lowest BCUT2D eigenvalue weighted by Crippen LogP contribution is -2.40. The van der Waals surface area contributed by atoms with Crippen molar-refractivity contribution < 1.29 is 10.2 Å². The monoisotopic (exact) mass is 279 g/mol. The molecule has 1 rings (SSSR count). The molecule has 0 aromatic carbocycles.